The van der Waals surface area contributed by atoms with Crippen molar-refractivity contribution in [3.8, 4) is 28.6 Å². The average molecular weight is 681 g/mol. The van der Waals surface area contributed by atoms with Crippen LogP contribution in [-0.2, 0) is 26.3 Å². The Labute approximate surface area is 289 Å². The molecule has 4 aromatic rings. The summed E-state index contributed by atoms with van der Waals surface area (Å²) in [4.78, 5) is 22.5. The molecule has 1 saturated heterocycles. The van der Waals surface area contributed by atoms with Crippen LogP contribution in [0.4, 0.5) is 24.8 Å². The molecular formula is C38H39F3N8O. The zero-order valence-electron chi connectivity index (χ0n) is 28.1. The lowest BCUT2D eigenvalue weighted by molar-refractivity contribution is -0.138. The molecule has 1 spiro atoms. The molecular weight excluding hydrogens is 641 g/mol. The monoisotopic (exact) mass is 680 g/mol. The van der Waals surface area contributed by atoms with Crippen molar-refractivity contribution in [1.82, 2.24) is 24.6 Å². The van der Waals surface area contributed by atoms with E-state index in [1.54, 1.807) is 41.2 Å². The zero-order valence-corrected chi connectivity index (χ0v) is 28.1. The first-order valence-corrected chi connectivity index (χ1v) is 17.5. The molecule has 2 aliphatic heterocycles. The predicted octanol–water partition coefficient (Wildman–Crippen LogP) is 7.57. The first kappa shape index (κ1) is 32.4. The molecule has 2 aromatic carbocycles. The Morgan fingerprint density at radius 3 is 2.58 bits per heavy atom. The van der Waals surface area contributed by atoms with Crippen LogP contribution in [0, 0.1) is 22.7 Å². The summed E-state index contributed by atoms with van der Waals surface area (Å²) in [7, 11) is 1.82. The second kappa shape index (κ2) is 12.5. The van der Waals surface area contributed by atoms with Crippen LogP contribution in [-0.4, -0.2) is 50.2 Å². The standard InChI is InChI=1S/C38H39F3N8O/c1-47-23-44-46-35(47)28-7-6-25(19-42)14-29(28)27-17-33(43-12-8-24-4-5-24)45-34(18-27)49-21-31-30(36(49)50)15-26(16-32(31)38(39,40)41)20-48-13-11-37(22-48)9-2-3-10-37/h6-7,14-18,23-24H,2-5,8-13,20-22H2,1H3,(H,43,45). The van der Waals surface area contributed by atoms with E-state index in [4.69, 9.17) is 4.98 Å². The number of pyridine rings is 1. The minimum atomic E-state index is -4.62. The number of rotatable bonds is 9. The van der Waals surface area contributed by atoms with Gasteiger partial charge in [-0.05, 0) is 108 Å². The van der Waals surface area contributed by atoms with Gasteiger partial charge >= 0.3 is 6.18 Å². The van der Waals surface area contributed by atoms with Gasteiger partial charge in [0.1, 0.15) is 18.0 Å². The van der Waals surface area contributed by atoms with Gasteiger partial charge in [-0.2, -0.15) is 18.4 Å². The number of aryl methyl sites for hydroxylation is 1. The number of benzene rings is 2. The highest BCUT2D eigenvalue weighted by Crippen LogP contribution is 2.46. The third-order valence-corrected chi connectivity index (χ3v) is 11.1. The molecule has 3 fully saturated rings. The first-order chi connectivity index (χ1) is 24.1. The van der Waals surface area contributed by atoms with Crippen molar-refractivity contribution in [1.29, 1.82) is 5.26 Å². The summed E-state index contributed by atoms with van der Waals surface area (Å²) < 4.78 is 45.8. The number of hydrogen-bond donors (Lipinski definition) is 1. The fraction of sp³-hybridized carbons (Fsp3) is 0.447. The number of nitriles is 1. The maximum Gasteiger partial charge on any atom is 0.416 e. The van der Waals surface area contributed by atoms with Crippen LogP contribution in [0.1, 0.15) is 84.0 Å². The number of hydrogen-bond acceptors (Lipinski definition) is 7. The molecule has 0 atom stereocenters. The minimum absolute atomic E-state index is 0.0263. The fourth-order valence-corrected chi connectivity index (χ4v) is 8.24. The Balaban J connectivity index is 1.17. The van der Waals surface area contributed by atoms with Crippen molar-refractivity contribution in [2.45, 2.75) is 70.6 Å². The Hall–Kier alpha value is -4.76. The number of anilines is 2. The smallest absolute Gasteiger partial charge is 0.370 e. The van der Waals surface area contributed by atoms with Crippen molar-refractivity contribution in [2.75, 3.05) is 29.9 Å². The summed E-state index contributed by atoms with van der Waals surface area (Å²) >= 11 is 0. The topological polar surface area (TPSA) is 103 Å². The van der Waals surface area contributed by atoms with E-state index in [9.17, 15) is 23.2 Å². The number of carbonyl (C=O) groups is 1. The van der Waals surface area contributed by atoms with Gasteiger partial charge in [0.15, 0.2) is 5.82 Å². The molecule has 4 heterocycles. The molecule has 2 aliphatic carbocycles. The van der Waals surface area contributed by atoms with Gasteiger partial charge in [0.05, 0.1) is 23.7 Å². The Morgan fingerprint density at radius 1 is 1.04 bits per heavy atom. The van der Waals surface area contributed by atoms with E-state index < -0.39 is 17.6 Å². The minimum Gasteiger partial charge on any atom is -0.370 e. The van der Waals surface area contributed by atoms with Gasteiger partial charge in [-0.1, -0.05) is 25.7 Å². The second-order valence-electron chi connectivity index (χ2n) is 14.6. The van der Waals surface area contributed by atoms with Gasteiger partial charge in [0.2, 0.25) is 0 Å². The second-order valence-corrected chi connectivity index (χ2v) is 14.6. The third-order valence-electron chi connectivity index (χ3n) is 11.1. The van der Waals surface area contributed by atoms with Crippen molar-refractivity contribution in [2.24, 2.45) is 18.4 Å². The van der Waals surface area contributed by atoms with Crippen LogP contribution in [0.15, 0.2) is 48.8 Å². The third kappa shape index (κ3) is 6.23. The van der Waals surface area contributed by atoms with E-state index in [1.165, 1.54) is 49.5 Å². The normalized spacial score (nSPS) is 18.6. The molecule has 8 rings (SSSR count). The van der Waals surface area contributed by atoms with Gasteiger partial charge in [0.25, 0.3) is 5.91 Å². The van der Waals surface area contributed by atoms with Gasteiger partial charge in [-0.15, -0.1) is 10.2 Å². The molecule has 12 heteroatoms. The number of halogens is 3. The molecule has 9 nitrogen and oxygen atoms in total. The highest BCUT2D eigenvalue weighted by Gasteiger charge is 2.43. The number of nitrogens with zero attached hydrogens (tertiary/aromatic N) is 7. The molecule has 1 N–H and O–H groups in total. The SMILES string of the molecule is Cn1cnnc1-c1ccc(C#N)cc1-c1cc(NCCC2CC2)nc(N2Cc3c(cc(CN4CCC5(CCCC5)C4)cc3C(F)(F)F)C2=O)c1. The number of aromatic nitrogens is 4. The van der Waals surface area contributed by atoms with Crippen LogP contribution >= 0.6 is 0 Å². The molecule has 0 radical (unpaired) electrons. The van der Waals surface area contributed by atoms with Crippen molar-refractivity contribution >= 4 is 17.5 Å². The molecule has 50 heavy (non-hydrogen) atoms. The van der Waals surface area contributed by atoms with Crippen LogP contribution in [0.3, 0.4) is 0 Å². The number of alkyl halides is 3. The highest BCUT2D eigenvalue weighted by atomic mass is 19.4. The van der Waals surface area contributed by atoms with Gasteiger partial charge in [0, 0.05) is 37.8 Å². The maximum absolute atomic E-state index is 14.7. The highest BCUT2D eigenvalue weighted by molar-refractivity contribution is 6.10. The van der Waals surface area contributed by atoms with E-state index in [2.05, 4.69) is 26.5 Å². The van der Waals surface area contributed by atoms with E-state index in [0.29, 0.717) is 58.5 Å². The Morgan fingerprint density at radius 2 is 1.86 bits per heavy atom. The summed E-state index contributed by atoms with van der Waals surface area (Å²) in [6.07, 6.45) is 6.20. The summed E-state index contributed by atoms with van der Waals surface area (Å²) in [6.45, 7) is 2.55. The molecule has 2 saturated carbocycles. The molecule has 0 unspecified atom stereocenters. The molecule has 0 bridgehead atoms. The Kier molecular flexibility index (Phi) is 8.13. The van der Waals surface area contributed by atoms with Crippen LogP contribution in [0.2, 0.25) is 0 Å². The summed E-state index contributed by atoms with van der Waals surface area (Å²) in [6, 6.07) is 13.9. The van der Waals surface area contributed by atoms with E-state index in [0.717, 1.165) is 25.9 Å². The molecule has 258 valence electrons. The summed E-state index contributed by atoms with van der Waals surface area (Å²) in [5.74, 6) is 1.49. The van der Waals surface area contributed by atoms with Crippen molar-refractivity contribution in [3.63, 3.8) is 0 Å². The largest absolute Gasteiger partial charge is 0.416 e. The molecule has 2 aromatic heterocycles. The maximum atomic E-state index is 14.7. The number of carbonyl (C=O) groups excluding carboxylic acids is 1. The first-order valence-electron chi connectivity index (χ1n) is 17.5. The van der Waals surface area contributed by atoms with Crippen LogP contribution in [0.25, 0.3) is 22.5 Å². The molecule has 4 aliphatic rings. The quantitative estimate of drug-likeness (QED) is 0.195. The molecule has 1 amide bonds. The van der Waals surface area contributed by atoms with E-state index in [1.807, 2.05) is 13.1 Å². The number of likely N-dealkylation sites (tertiary alicyclic amines) is 1. The van der Waals surface area contributed by atoms with E-state index in [-0.39, 0.29) is 28.9 Å². The fourth-order valence-electron chi connectivity index (χ4n) is 8.24. The summed E-state index contributed by atoms with van der Waals surface area (Å²) in [5.41, 5.74) is 2.54. The average Bonchev–Trinajstić information content (AvgIpc) is 3.38. The lowest BCUT2D eigenvalue weighted by Crippen LogP contribution is -2.25. The number of amides is 1. The van der Waals surface area contributed by atoms with Crippen molar-refractivity contribution in [3.05, 3.63) is 76.6 Å². The van der Waals surface area contributed by atoms with E-state index >= 15 is 0 Å². The van der Waals surface area contributed by atoms with Gasteiger partial charge in [-0.3, -0.25) is 14.6 Å². The van der Waals surface area contributed by atoms with Gasteiger partial charge in [-0.25, -0.2) is 4.98 Å². The lowest BCUT2D eigenvalue weighted by atomic mass is 9.86. The lowest BCUT2D eigenvalue weighted by Gasteiger charge is -2.24. The Bertz CT molecular complexity index is 2000. The van der Waals surface area contributed by atoms with Crippen LogP contribution < -0.4 is 10.2 Å². The summed E-state index contributed by atoms with van der Waals surface area (Å²) in [5, 5.41) is 21.5. The number of fused-ring (bicyclic) bond motifs is 1. The zero-order chi connectivity index (χ0) is 34.6. The van der Waals surface area contributed by atoms with Gasteiger partial charge < -0.3 is 9.88 Å². The predicted molar refractivity (Wildman–Crippen MR) is 183 cm³/mol. The number of nitrogens with one attached hydrogen (secondary N) is 1. The van der Waals surface area contributed by atoms with Crippen molar-refractivity contribution < 1.29 is 18.0 Å². The van der Waals surface area contributed by atoms with Crippen LogP contribution in [0.5, 0.6) is 0 Å².